The molecule has 1 aliphatic heterocycles. The Bertz CT molecular complexity index is 1000. The average Bonchev–Trinajstić information content (AvgIpc) is 2.71. The van der Waals surface area contributed by atoms with Crippen LogP contribution in [-0.2, 0) is 10.0 Å². The molecular weight excluding hydrogens is 405 g/mol. The fourth-order valence-electron chi connectivity index (χ4n) is 3.66. The van der Waals surface area contributed by atoms with Crippen molar-refractivity contribution in [2.24, 2.45) is 0 Å². The molecule has 2 unspecified atom stereocenters. The zero-order valence-electron chi connectivity index (χ0n) is 17.2. The smallest absolute Gasteiger partial charge is 0.255 e. The number of sulfonamides is 1. The Hall–Kier alpha value is -2.29. The number of amides is 1. The van der Waals surface area contributed by atoms with Gasteiger partial charge in [-0.1, -0.05) is 12.5 Å². The van der Waals surface area contributed by atoms with Crippen molar-refractivity contribution >= 4 is 21.6 Å². The Balaban J connectivity index is 1.68. The van der Waals surface area contributed by atoms with Crippen molar-refractivity contribution in [3.63, 3.8) is 0 Å². The number of carbonyl (C=O) groups is 1. The van der Waals surface area contributed by atoms with Gasteiger partial charge in [-0.15, -0.1) is 0 Å². The number of piperidine rings is 1. The topological polar surface area (TPSA) is 87.3 Å². The minimum Gasteiger partial charge on any atom is -0.322 e. The molecule has 1 saturated heterocycles. The van der Waals surface area contributed by atoms with Crippen molar-refractivity contribution in [1.82, 2.24) is 10.0 Å². The van der Waals surface area contributed by atoms with Crippen LogP contribution in [0.25, 0.3) is 0 Å². The first-order valence-corrected chi connectivity index (χ1v) is 11.7. The van der Waals surface area contributed by atoms with E-state index in [4.69, 9.17) is 0 Å². The summed E-state index contributed by atoms with van der Waals surface area (Å²) in [4.78, 5) is 12.6. The van der Waals surface area contributed by atoms with Crippen LogP contribution in [0.2, 0.25) is 0 Å². The van der Waals surface area contributed by atoms with Crippen LogP contribution in [0, 0.1) is 12.7 Å². The Morgan fingerprint density at radius 3 is 2.73 bits per heavy atom. The van der Waals surface area contributed by atoms with E-state index in [9.17, 15) is 17.6 Å². The second kappa shape index (κ2) is 9.68. The van der Waals surface area contributed by atoms with Crippen molar-refractivity contribution < 1.29 is 17.6 Å². The number of rotatable bonds is 7. The normalized spacial score (nSPS) is 18.0. The predicted molar refractivity (Wildman–Crippen MR) is 116 cm³/mol. The quantitative estimate of drug-likeness (QED) is 0.623. The molecule has 1 amide bonds. The van der Waals surface area contributed by atoms with E-state index in [0.717, 1.165) is 25.8 Å². The van der Waals surface area contributed by atoms with Crippen molar-refractivity contribution in [2.45, 2.75) is 56.5 Å². The Morgan fingerprint density at radius 1 is 1.23 bits per heavy atom. The van der Waals surface area contributed by atoms with Crippen LogP contribution in [-0.4, -0.2) is 33.0 Å². The molecule has 1 fully saturated rings. The third-order valence-corrected chi connectivity index (χ3v) is 6.82. The molecule has 2 aromatic carbocycles. The molecule has 30 heavy (non-hydrogen) atoms. The summed E-state index contributed by atoms with van der Waals surface area (Å²) in [5.74, 6) is -0.817. The van der Waals surface area contributed by atoms with Gasteiger partial charge in [0, 0.05) is 23.3 Å². The lowest BCUT2D eigenvalue weighted by molar-refractivity contribution is 0.102. The molecule has 6 nitrogen and oxygen atoms in total. The van der Waals surface area contributed by atoms with E-state index in [-0.39, 0.29) is 22.3 Å². The van der Waals surface area contributed by atoms with Crippen molar-refractivity contribution in [3.8, 4) is 0 Å². The molecular formula is C22H28FN3O3S. The minimum absolute atomic E-state index is 0.0360. The number of aryl methyl sites for hydroxylation is 1. The maximum Gasteiger partial charge on any atom is 0.255 e. The molecule has 1 heterocycles. The molecule has 0 radical (unpaired) electrons. The molecule has 0 aliphatic carbocycles. The molecule has 2 atom stereocenters. The molecule has 0 saturated carbocycles. The Kier molecular flexibility index (Phi) is 7.23. The number of benzene rings is 2. The standard InChI is InChI=1S/C22H28FN3O3S/c1-15-12-19(9-10-21(15)23)25-22(27)17-6-5-8-20(14-17)30(28,29)26-16(2)13-18-7-3-4-11-24-18/h5-6,8-10,12,14,16,18,24,26H,3-4,7,11,13H2,1-2H3,(H,25,27). The summed E-state index contributed by atoms with van der Waals surface area (Å²) in [6.45, 7) is 4.42. The molecule has 0 spiro atoms. The van der Waals surface area contributed by atoms with E-state index in [1.54, 1.807) is 13.0 Å². The summed E-state index contributed by atoms with van der Waals surface area (Å²) in [6, 6.07) is 10.2. The largest absolute Gasteiger partial charge is 0.322 e. The number of halogens is 1. The van der Waals surface area contributed by atoms with E-state index >= 15 is 0 Å². The highest BCUT2D eigenvalue weighted by atomic mass is 32.2. The van der Waals surface area contributed by atoms with Crippen LogP contribution < -0.4 is 15.4 Å². The van der Waals surface area contributed by atoms with Gasteiger partial charge in [-0.25, -0.2) is 17.5 Å². The van der Waals surface area contributed by atoms with Crippen LogP contribution >= 0.6 is 0 Å². The van der Waals surface area contributed by atoms with E-state index < -0.39 is 15.9 Å². The highest BCUT2D eigenvalue weighted by molar-refractivity contribution is 7.89. The number of hydrogen-bond donors (Lipinski definition) is 3. The second-order valence-electron chi connectivity index (χ2n) is 7.85. The van der Waals surface area contributed by atoms with Crippen LogP contribution in [0.3, 0.4) is 0 Å². The van der Waals surface area contributed by atoms with Gasteiger partial charge in [-0.3, -0.25) is 4.79 Å². The van der Waals surface area contributed by atoms with Crippen LogP contribution in [0.1, 0.15) is 48.5 Å². The molecule has 8 heteroatoms. The first-order valence-electron chi connectivity index (χ1n) is 10.2. The average molecular weight is 434 g/mol. The summed E-state index contributed by atoms with van der Waals surface area (Å²) in [7, 11) is -3.76. The molecule has 0 aromatic heterocycles. The highest BCUT2D eigenvalue weighted by Crippen LogP contribution is 2.18. The highest BCUT2D eigenvalue weighted by Gasteiger charge is 2.22. The molecule has 3 rings (SSSR count). The van der Waals surface area contributed by atoms with Gasteiger partial charge in [0.1, 0.15) is 5.82 Å². The van der Waals surface area contributed by atoms with Gasteiger partial charge in [0.15, 0.2) is 0 Å². The zero-order chi connectivity index (χ0) is 21.7. The van der Waals surface area contributed by atoms with Gasteiger partial charge in [0.25, 0.3) is 5.91 Å². The first-order chi connectivity index (χ1) is 14.2. The number of hydrogen-bond acceptors (Lipinski definition) is 4. The number of anilines is 1. The van der Waals surface area contributed by atoms with Crippen molar-refractivity contribution in [3.05, 3.63) is 59.4 Å². The number of carbonyl (C=O) groups excluding carboxylic acids is 1. The Morgan fingerprint density at radius 2 is 2.03 bits per heavy atom. The van der Waals surface area contributed by atoms with Gasteiger partial charge in [0.2, 0.25) is 10.0 Å². The van der Waals surface area contributed by atoms with Gasteiger partial charge in [-0.2, -0.15) is 0 Å². The number of nitrogens with one attached hydrogen (secondary N) is 3. The summed E-state index contributed by atoms with van der Waals surface area (Å²) >= 11 is 0. The molecule has 0 bridgehead atoms. The van der Waals surface area contributed by atoms with Gasteiger partial charge in [-0.05, 0) is 81.6 Å². The van der Waals surface area contributed by atoms with E-state index in [1.165, 1.54) is 36.4 Å². The van der Waals surface area contributed by atoms with Gasteiger partial charge >= 0.3 is 0 Å². The fraction of sp³-hybridized carbons (Fsp3) is 0.409. The third-order valence-electron chi connectivity index (χ3n) is 5.23. The van der Waals surface area contributed by atoms with Crippen LogP contribution in [0.5, 0.6) is 0 Å². The van der Waals surface area contributed by atoms with Crippen LogP contribution in [0.15, 0.2) is 47.4 Å². The Labute approximate surface area is 177 Å². The zero-order valence-corrected chi connectivity index (χ0v) is 18.1. The van der Waals surface area contributed by atoms with E-state index in [1.807, 2.05) is 6.92 Å². The van der Waals surface area contributed by atoms with Crippen molar-refractivity contribution in [2.75, 3.05) is 11.9 Å². The maximum absolute atomic E-state index is 13.4. The lowest BCUT2D eigenvalue weighted by Crippen LogP contribution is -2.41. The lowest BCUT2D eigenvalue weighted by atomic mass is 9.99. The summed E-state index contributed by atoms with van der Waals surface area (Å²) in [5, 5.41) is 6.09. The van der Waals surface area contributed by atoms with Gasteiger partial charge < -0.3 is 10.6 Å². The van der Waals surface area contributed by atoms with E-state index in [0.29, 0.717) is 23.7 Å². The molecule has 1 aliphatic rings. The minimum atomic E-state index is -3.76. The lowest BCUT2D eigenvalue weighted by Gasteiger charge is -2.26. The van der Waals surface area contributed by atoms with Crippen LogP contribution in [0.4, 0.5) is 10.1 Å². The first kappa shape index (κ1) is 22.4. The molecule has 2 aromatic rings. The summed E-state index contributed by atoms with van der Waals surface area (Å²) in [6.07, 6.45) is 4.07. The molecule has 3 N–H and O–H groups in total. The SMILES string of the molecule is Cc1cc(NC(=O)c2cccc(S(=O)(=O)NC(C)CC3CCCCN3)c2)ccc1F. The summed E-state index contributed by atoms with van der Waals surface area (Å²) < 4.78 is 41.7. The van der Waals surface area contributed by atoms with Crippen molar-refractivity contribution in [1.29, 1.82) is 0 Å². The molecule has 162 valence electrons. The maximum atomic E-state index is 13.4. The fourth-order valence-corrected chi connectivity index (χ4v) is 4.97. The monoisotopic (exact) mass is 433 g/mol. The predicted octanol–water partition coefficient (Wildman–Crippen LogP) is 3.59. The second-order valence-corrected chi connectivity index (χ2v) is 9.56. The summed E-state index contributed by atoms with van der Waals surface area (Å²) in [5.41, 5.74) is 1.06. The third kappa shape index (κ3) is 5.87. The van der Waals surface area contributed by atoms with E-state index in [2.05, 4.69) is 15.4 Å². The van der Waals surface area contributed by atoms with Gasteiger partial charge in [0.05, 0.1) is 4.90 Å².